The number of ether oxygens (including phenoxy) is 1. The maximum atomic E-state index is 13.8. The van der Waals surface area contributed by atoms with Gasteiger partial charge in [-0.05, 0) is 73.0 Å². The summed E-state index contributed by atoms with van der Waals surface area (Å²) in [5.74, 6) is 0. The van der Waals surface area contributed by atoms with Gasteiger partial charge in [0.2, 0.25) is 10.0 Å². The van der Waals surface area contributed by atoms with Gasteiger partial charge in [0, 0.05) is 25.7 Å². The number of alkyl halides is 3. The maximum Gasteiger partial charge on any atom is 0.494 e. The third-order valence-electron chi connectivity index (χ3n) is 6.64. The number of hydrogen-bond donors (Lipinski definition) is 0. The minimum atomic E-state index is -4.79. The molecule has 1 aromatic carbocycles. The van der Waals surface area contributed by atoms with Gasteiger partial charge in [-0.1, -0.05) is 6.07 Å². The molecular weight excluding hydrogens is 500 g/mol. The molecule has 2 fully saturated rings. The number of sulfonamides is 1. The molecule has 1 aromatic rings. The second-order valence-corrected chi connectivity index (χ2v) is 13.2. The predicted molar refractivity (Wildman–Crippen MR) is 128 cm³/mol. The van der Waals surface area contributed by atoms with E-state index in [1.54, 1.807) is 55.4 Å². The standard InChI is InChI=1S/C23H34BF3N2O6S/c1-15-14-28(9-10-29(15)19(30)33-20(2,3)4)36(31,32)18-12-16(23(25,26)27)11-17(13-18)24-34-21(5,6)22(7,8)35-24/h11-13,15H,9-10,14H2,1-8H3/t15-/m1/s1. The van der Waals surface area contributed by atoms with Gasteiger partial charge in [-0.25, -0.2) is 13.2 Å². The second-order valence-electron chi connectivity index (χ2n) is 11.3. The van der Waals surface area contributed by atoms with Crippen LogP contribution in [-0.2, 0) is 30.2 Å². The lowest BCUT2D eigenvalue weighted by Gasteiger charge is -2.39. The number of amides is 1. The number of piperazine rings is 1. The first-order chi connectivity index (χ1) is 16.1. The summed E-state index contributed by atoms with van der Waals surface area (Å²) in [5, 5.41) is 0. The molecule has 0 radical (unpaired) electrons. The summed E-state index contributed by atoms with van der Waals surface area (Å²) in [6.07, 6.45) is -5.36. The predicted octanol–water partition coefficient (Wildman–Crippen LogP) is 3.63. The fourth-order valence-electron chi connectivity index (χ4n) is 3.93. The average Bonchev–Trinajstić information content (AvgIpc) is 2.92. The van der Waals surface area contributed by atoms with Crippen molar-refractivity contribution in [2.75, 3.05) is 19.6 Å². The van der Waals surface area contributed by atoms with Crippen LogP contribution in [-0.4, -0.2) is 73.3 Å². The summed E-state index contributed by atoms with van der Waals surface area (Å²) in [5.41, 5.74) is -3.52. The maximum absolute atomic E-state index is 13.8. The van der Waals surface area contributed by atoms with E-state index >= 15 is 0 Å². The highest BCUT2D eigenvalue weighted by Crippen LogP contribution is 2.38. The molecule has 0 saturated carbocycles. The van der Waals surface area contributed by atoms with Gasteiger partial charge in [0.1, 0.15) is 5.60 Å². The van der Waals surface area contributed by atoms with Crippen molar-refractivity contribution in [3.8, 4) is 0 Å². The summed E-state index contributed by atoms with van der Waals surface area (Å²) < 4.78 is 86.4. The molecule has 2 heterocycles. The zero-order valence-corrected chi connectivity index (χ0v) is 22.7. The molecule has 8 nitrogen and oxygen atoms in total. The highest BCUT2D eigenvalue weighted by Gasteiger charge is 2.52. The van der Waals surface area contributed by atoms with E-state index in [1.807, 2.05) is 0 Å². The lowest BCUT2D eigenvalue weighted by Crippen LogP contribution is -2.56. The molecule has 202 valence electrons. The van der Waals surface area contributed by atoms with Crippen LogP contribution in [0.25, 0.3) is 0 Å². The number of hydrogen-bond acceptors (Lipinski definition) is 6. The zero-order valence-electron chi connectivity index (χ0n) is 21.9. The van der Waals surface area contributed by atoms with E-state index in [4.69, 9.17) is 14.0 Å². The zero-order chi connectivity index (χ0) is 27.5. The van der Waals surface area contributed by atoms with E-state index in [2.05, 4.69) is 0 Å². The number of rotatable bonds is 3. The number of carbonyl (C=O) groups is 1. The molecule has 1 amide bonds. The first kappa shape index (κ1) is 28.7. The Morgan fingerprint density at radius 1 is 1.06 bits per heavy atom. The van der Waals surface area contributed by atoms with Gasteiger partial charge in [-0.3, -0.25) is 0 Å². The molecule has 1 atom stereocenters. The first-order valence-electron chi connectivity index (χ1n) is 11.7. The Labute approximate surface area is 211 Å². The summed E-state index contributed by atoms with van der Waals surface area (Å²) in [7, 11) is -5.50. The third kappa shape index (κ3) is 5.84. The average molecular weight is 534 g/mol. The van der Waals surface area contributed by atoms with Crippen molar-refractivity contribution in [1.82, 2.24) is 9.21 Å². The molecule has 13 heteroatoms. The summed E-state index contributed by atoms with van der Waals surface area (Å²) in [6, 6.07) is 2.09. The van der Waals surface area contributed by atoms with Crippen LogP contribution in [0.5, 0.6) is 0 Å². The van der Waals surface area contributed by atoms with Crippen molar-refractivity contribution in [2.45, 2.75) is 89.3 Å². The van der Waals surface area contributed by atoms with E-state index in [1.165, 1.54) is 4.90 Å². The molecule has 2 aliphatic heterocycles. The quantitative estimate of drug-likeness (QED) is 0.551. The monoisotopic (exact) mass is 534 g/mol. The van der Waals surface area contributed by atoms with Crippen LogP contribution in [0.15, 0.2) is 23.1 Å². The number of halogens is 3. The summed E-state index contributed by atoms with van der Waals surface area (Å²) in [6.45, 7) is 13.7. The van der Waals surface area contributed by atoms with E-state index < -0.39 is 62.7 Å². The van der Waals surface area contributed by atoms with Crippen molar-refractivity contribution in [3.63, 3.8) is 0 Å². The van der Waals surface area contributed by atoms with Crippen LogP contribution in [0.3, 0.4) is 0 Å². The highest BCUT2D eigenvalue weighted by molar-refractivity contribution is 7.89. The van der Waals surface area contributed by atoms with E-state index in [9.17, 15) is 26.4 Å². The van der Waals surface area contributed by atoms with Crippen molar-refractivity contribution < 1.29 is 40.4 Å². The minimum absolute atomic E-state index is 0.0394. The molecule has 3 rings (SSSR count). The minimum Gasteiger partial charge on any atom is -0.444 e. The highest BCUT2D eigenvalue weighted by atomic mass is 32.2. The van der Waals surface area contributed by atoms with Gasteiger partial charge < -0.3 is 18.9 Å². The molecule has 0 N–H and O–H groups in total. The summed E-state index contributed by atoms with van der Waals surface area (Å²) >= 11 is 0. The van der Waals surface area contributed by atoms with Gasteiger partial charge >= 0.3 is 19.4 Å². The van der Waals surface area contributed by atoms with Crippen molar-refractivity contribution >= 4 is 28.7 Å². The molecule has 2 aliphatic rings. The number of nitrogens with zero attached hydrogens (tertiary/aromatic N) is 2. The van der Waals surface area contributed by atoms with Gasteiger partial charge in [-0.2, -0.15) is 17.5 Å². The molecule has 0 unspecified atom stereocenters. The van der Waals surface area contributed by atoms with E-state index in [0.717, 1.165) is 16.4 Å². The molecule has 0 spiro atoms. The molecule has 0 aliphatic carbocycles. The normalized spacial score (nSPS) is 23.1. The van der Waals surface area contributed by atoms with Gasteiger partial charge in [0.05, 0.1) is 21.7 Å². The Bertz CT molecular complexity index is 1100. The Hall–Kier alpha value is -1.83. The smallest absolute Gasteiger partial charge is 0.444 e. The topological polar surface area (TPSA) is 85.4 Å². The van der Waals surface area contributed by atoms with Crippen molar-refractivity contribution in [3.05, 3.63) is 23.8 Å². The van der Waals surface area contributed by atoms with Crippen LogP contribution in [0.1, 0.15) is 61.0 Å². The van der Waals surface area contributed by atoms with Crippen molar-refractivity contribution in [1.29, 1.82) is 0 Å². The van der Waals surface area contributed by atoms with Gasteiger partial charge in [-0.15, -0.1) is 0 Å². The molecule has 0 bridgehead atoms. The van der Waals surface area contributed by atoms with E-state index in [0.29, 0.717) is 6.07 Å². The Kier molecular flexibility index (Phi) is 7.33. The largest absolute Gasteiger partial charge is 0.494 e. The second kappa shape index (κ2) is 9.18. The van der Waals surface area contributed by atoms with Crippen molar-refractivity contribution in [2.24, 2.45) is 0 Å². The van der Waals surface area contributed by atoms with Crippen LogP contribution >= 0.6 is 0 Å². The first-order valence-corrected chi connectivity index (χ1v) is 13.2. The number of carbonyl (C=O) groups excluding carboxylic acids is 1. The van der Waals surface area contributed by atoms with E-state index in [-0.39, 0.29) is 25.1 Å². The Balaban J connectivity index is 1.92. The van der Waals surface area contributed by atoms with Crippen LogP contribution in [0.4, 0.5) is 18.0 Å². The summed E-state index contributed by atoms with van der Waals surface area (Å²) in [4.78, 5) is 13.4. The van der Waals surface area contributed by atoms with Crippen LogP contribution in [0.2, 0.25) is 0 Å². The Morgan fingerprint density at radius 3 is 2.08 bits per heavy atom. The van der Waals surface area contributed by atoms with Gasteiger partial charge in [0.25, 0.3) is 0 Å². The van der Waals surface area contributed by atoms with Gasteiger partial charge in [0.15, 0.2) is 0 Å². The lowest BCUT2D eigenvalue weighted by atomic mass is 9.78. The lowest BCUT2D eigenvalue weighted by molar-refractivity contribution is -0.137. The SMILES string of the molecule is C[C@@H]1CN(S(=O)(=O)c2cc(B3OC(C)(C)C(C)(C)O3)cc(C(F)(F)F)c2)CCN1C(=O)OC(C)(C)C. The fraction of sp³-hybridized carbons (Fsp3) is 0.696. The molecule has 0 aromatic heterocycles. The molecule has 2 saturated heterocycles. The number of benzene rings is 1. The third-order valence-corrected chi connectivity index (χ3v) is 8.48. The Morgan fingerprint density at radius 2 is 1.61 bits per heavy atom. The molecular formula is C23H34BF3N2O6S. The van der Waals surface area contributed by atoms with Crippen LogP contribution < -0.4 is 5.46 Å². The molecule has 36 heavy (non-hydrogen) atoms. The fourth-order valence-corrected chi connectivity index (χ4v) is 5.53. The van der Waals surface area contributed by atoms with Crippen LogP contribution in [0, 0.1) is 0 Å².